The second-order valence-electron chi connectivity index (χ2n) is 11.2. The van der Waals surface area contributed by atoms with E-state index in [1.54, 1.807) is 20.8 Å². The van der Waals surface area contributed by atoms with Gasteiger partial charge in [-0.25, -0.2) is 4.79 Å². The second-order valence-corrected chi connectivity index (χ2v) is 11.2. The molecule has 0 radical (unpaired) electrons. The Morgan fingerprint density at radius 1 is 1.06 bits per heavy atom. The van der Waals surface area contributed by atoms with Gasteiger partial charge in [0.05, 0.1) is 6.07 Å². The third-order valence-electron chi connectivity index (χ3n) is 5.29. The van der Waals surface area contributed by atoms with E-state index in [-0.39, 0.29) is 12.5 Å². The summed E-state index contributed by atoms with van der Waals surface area (Å²) in [6.07, 6.45) is -0.134. The predicted molar refractivity (Wildman–Crippen MR) is 136 cm³/mol. The first-order chi connectivity index (χ1) is 16.0. The van der Waals surface area contributed by atoms with Gasteiger partial charge in [-0.1, -0.05) is 49.6 Å². The molecule has 3 unspecified atom stereocenters. The van der Waals surface area contributed by atoms with Gasteiger partial charge in [-0.15, -0.1) is 0 Å². The fourth-order valence-corrected chi connectivity index (χ4v) is 3.75. The number of amides is 3. The van der Waals surface area contributed by atoms with Gasteiger partial charge in [-0.05, 0) is 66.9 Å². The Morgan fingerprint density at radius 3 is 2.03 bits per heavy atom. The zero-order valence-corrected chi connectivity index (χ0v) is 22.9. The van der Waals surface area contributed by atoms with Crippen molar-refractivity contribution in [1.29, 1.82) is 5.26 Å². The molecule has 0 spiro atoms. The first-order valence-corrected chi connectivity index (χ1v) is 12.1. The van der Waals surface area contributed by atoms with Gasteiger partial charge in [0.2, 0.25) is 11.8 Å². The van der Waals surface area contributed by atoms with Gasteiger partial charge in [-0.2, -0.15) is 5.26 Å². The number of carbonyl (C=O) groups is 3. The van der Waals surface area contributed by atoms with Crippen molar-refractivity contribution in [3.63, 3.8) is 0 Å². The van der Waals surface area contributed by atoms with Crippen molar-refractivity contribution in [1.82, 2.24) is 15.5 Å². The smallest absolute Gasteiger partial charge is 0.408 e. The maximum atomic E-state index is 13.9. The van der Waals surface area contributed by atoms with Crippen LogP contribution >= 0.6 is 0 Å². The molecule has 8 heteroatoms. The first kappa shape index (κ1) is 30.0. The maximum Gasteiger partial charge on any atom is 0.408 e. The highest BCUT2D eigenvalue weighted by Gasteiger charge is 2.39. The van der Waals surface area contributed by atoms with Crippen molar-refractivity contribution >= 4 is 17.9 Å². The quantitative estimate of drug-likeness (QED) is 0.524. The minimum atomic E-state index is -1.05. The molecule has 0 saturated heterocycles. The number of benzene rings is 1. The summed E-state index contributed by atoms with van der Waals surface area (Å²) in [6.45, 7) is 18.0. The lowest BCUT2D eigenvalue weighted by molar-refractivity contribution is -0.143. The second kappa shape index (κ2) is 12.1. The van der Waals surface area contributed by atoms with E-state index in [4.69, 9.17) is 4.74 Å². The summed E-state index contributed by atoms with van der Waals surface area (Å²) in [4.78, 5) is 41.3. The number of ether oxygens (including phenoxy) is 1. The van der Waals surface area contributed by atoms with Gasteiger partial charge < -0.3 is 20.3 Å². The van der Waals surface area contributed by atoms with E-state index in [2.05, 4.69) is 10.6 Å². The average Bonchev–Trinajstić information content (AvgIpc) is 2.67. The van der Waals surface area contributed by atoms with Gasteiger partial charge in [0.1, 0.15) is 24.2 Å². The van der Waals surface area contributed by atoms with Crippen molar-refractivity contribution in [2.75, 3.05) is 6.54 Å². The molecule has 1 aromatic rings. The molecule has 1 rings (SSSR count). The predicted octanol–water partition coefficient (Wildman–Crippen LogP) is 4.55. The minimum Gasteiger partial charge on any atom is -0.444 e. The summed E-state index contributed by atoms with van der Waals surface area (Å²) in [5, 5.41) is 15.3. The van der Waals surface area contributed by atoms with Crippen molar-refractivity contribution in [3.8, 4) is 6.07 Å². The standard InChI is InChI=1S/C27H42N4O4/c1-11-19(4)21(29-25(34)35-27(8,9)10)24(33)31(13-12-28)22(23(32)30-26(5,6)7)20-15-17(2)14-18(3)16-20/h14-16,19,21-22H,11,13H2,1-10H3,(H,29,34)(H,30,32). The molecule has 0 aliphatic heterocycles. The van der Waals surface area contributed by atoms with Gasteiger partial charge in [0, 0.05) is 5.54 Å². The number of alkyl carbamates (subject to hydrolysis) is 1. The van der Waals surface area contributed by atoms with Crippen LogP contribution < -0.4 is 10.6 Å². The van der Waals surface area contributed by atoms with Crippen LogP contribution in [0.4, 0.5) is 4.79 Å². The minimum absolute atomic E-state index is 0.262. The van der Waals surface area contributed by atoms with Crippen LogP contribution in [0.15, 0.2) is 18.2 Å². The molecule has 8 nitrogen and oxygen atoms in total. The SMILES string of the molecule is CCC(C)C(NC(=O)OC(C)(C)C)C(=O)N(CC#N)C(C(=O)NC(C)(C)C)c1cc(C)cc(C)c1. The van der Waals surface area contributed by atoms with E-state index in [1.807, 2.05) is 72.7 Å². The average molecular weight is 487 g/mol. The Bertz CT molecular complexity index is 933. The summed E-state index contributed by atoms with van der Waals surface area (Å²) in [5.74, 6) is -1.17. The van der Waals surface area contributed by atoms with Crippen LogP contribution in [0.3, 0.4) is 0 Å². The number of aryl methyl sites for hydroxylation is 2. The molecule has 2 N–H and O–H groups in total. The van der Waals surface area contributed by atoms with Crippen LogP contribution in [-0.2, 0) is 14.3 Å². The Labute approximate surface area is 210 Å². The molecule has 35 heavy (non-hydrogen) atoms. The molecule has 0 aliphatic rings. The summed E-state index contributed by atoms with van der Waals surface area (Å²) in [7, 11) is 0. The Hall–Kier alpha value is -3.08. The fraction of sp³-hybridized carbons (Fsp3) is 0.630. The van der Waals surface area contributed by atoms with E-state index < -0.39 is 41.1 Å². The number of nitrogens with zero attached hydrogens (tertiary/aromatic N) is 2. The first-order valence-electron chi connectivity index (χ1n) is 12.1. The summed E-state index contributed by atoms with van der Waals surface area (Å²) < 4.78 is 5.38. The summed E-state index contributed by atoms with van der Waals surface area (Å²) in [6, 6.07) is 5.67. The number of nitrogens with one attached hydrogen (secondary N) is 2. The molecule has 0 aliphatic carbocycles. The summed E-state index contributed by atoms with van der Waals surface area (Å²) in [5.41, 5.74) is 1.17. The molecule has 0 bridgehead atoms. The van der Waals surface area contributed by atoms with Gasteiger partial charge >= 0.3 is 6.09 Å². The maximum absolute atomic E-state index is 13.9. The molecule has 194 valence electrons. The monoisotopic (exact) mass is 486 g/mol. The fourth-order valence-electron chi connectivity index (χ4n) is 3.75. The number of nitriles is 1. The highest BCUT2D eigenvalue weighted by atomic mass is 16.6. The summed E-state index contributed by atoms with van der Waals surface area (Å²) >= 11 is 0. The number of rotatable bonds is 8. The number of hydrogen-bond acceptors (Lipinski definition) is 5. The lowest BCUT2D eigenvalue weighted by Gasteiger charge is -2.36. The highest BCUT2D eigenvalue weighted by molar-refractivity contribution is 5.92. The van der Waals surface area contributed by atoms with Crippen LogP contribution in [0.1, 0.15) is 84.5 Å². The van der Waals surface area contributed by atoms with Gasteiger partial charge in [0.15, 0.2) is 0 Å². The molecule has 3 atom stereocenters. The van der Waals surface area contributed by atoms with Crippen LogP contribution in [0, 0.1) is 31.1 Å². The van der Waals surface area contributed by atoms with Gasteiger partial charge in [0.25, 0.3) is 0 Å². The Morgan fingerprint density at radius 2 is 1.60 bits per heavy atom. The molecule has 0 fully saturated rings. The van der Waals surface area contributed by atoms with Crippen molar-refractivity contribution in [2.45, 2.75) is 98.9 Å². The van der Waals surface area contributed by atoms with Crippen LogP contribution in [0.25, 0.3) is 0 Å². The topological polar surface area (TPSA) is 112 Å². The largest absolute Gasteiger partial charge is 0.444 e. The van der Waals surface area contributed by atoms with E-state index in [0.29, 0.717) is 12.0 Å². The number of carbonyl (C=O) groups excluding carboxylic acids is 3. The lowest BCUT2D eigenvalue weighted by atomic mass is 9.94. The Balaban J connectivity index is 3.58. The van der Waals surface area contributed by atoms with E-state index in [1.165, 1.54) is 4.90 Å². The highest BCUT2D eigenvalue weighted by Crippen LogP contribution is 2.27. The zero-order chi connectivity index (χ0) is 27.1. The Kier molecular flexibility index (Phi) is 10.3. The van der Waals surface area contributed by atoms with Crippen LogP contribution in [-0.4, -0.2) is 46.5 Å². The molecule has 1 aromatic carbocycles. The third-order valence-corrected chi connectivity index (χ3v) is 5.29. The van der Waals surface area contributed by atoms with E-state index in [9.17, 15) is 19.6 Å². The molecule has 3 amide bonds. The molecular formula is C27H42N4O4. The molecule has 0 saturated carbocycles. The van der Waals surface area contributed by atoms with Crippen molar-refractivity contribution in [3.05, 3.63) is 34.9 Å². The normalized spacial score (nSPS) is 14.2. The molecular weight excluding hydrogens is 444 g/mol. The molecule has 0 heterocycles. The van der Waals surface area contributed by atoms with E-state index in [0.717, 1.165) is 11.1 Å². The third kappa shape index (κ3) is 9.59. The van der Waals surface area contributed by atoms with Crippen LogP contribution in [0.5, 0.6) is 0 Å². The van der Waals surface area contributed by atoms with E-state index >= 15 is 0 Å². The lowest BCUT2D eigenvalue weighted by Crippen LogP contribution is -2.56. The molecule has 0 aromatic heterocycles. The van der Waals surface area contributed by atoms with Crippen LogP contribution in [0.2, 0.25) is 0 Å². The van der Waals surface area contributed by atoms with Crippen molar-refractivity contribution in [2.24, 2.45) is 5.92 Å². The van der Waals surface area contributed by atoms with Crippen molar-refractivity contribution < 1.29 is 19.1 Å². The number of hydrogen-bond donors (Lipinski definition) is 2. The zero-order valence-electron chi connectivity index (χ0n) is 22.9. The van der Waals surface area contributed by atoms with Gasteiger partial charge in [-0.3, -0.25) is 9.59 Å².